The second-order valence-corrected chi connectivity index (χ2v) is 10.7. The molecule has 1 amide bonds. The summed E-state index contributed by atoms with van der Waals surface area (Å²) in [5.74, 6) is 0.400. The number of rotatable bonds is 7. The van der Waals surface area contributed by atoms with E-state index in [9.17, 15) is 13.2 Å². The molecule has 1 aliphatic heterocycles. The van der Waals surface area contributed by atoms with Crippen molar-refractivity contribution in [2.45, 2.75) is 33.1 Å². The number of likely N-dealkylation sites (tertiary alicyclic amines) is 1. The van der Waals surface area contributed by atoms with Gasteiger partial charge in [-0.05, 0) is 61.8 Å². The highest BCUT2D eigenvalue weighted by molar-refractivity contribution is 7.90. The van der Waals surface area contributed by atoms with E-state index in [0.717, 1.165) is 34.7 Å². The largest absolute Gasteiger partial charge is 0.341 e. The molecule has 1 fully saturated rings. The highest BCUT2D eigenvalue weighted by atomic mass is 32.2. The maximum atomic E-state index is 13.1. The molecule has 0 N–H and O–H groups in total. The lowest BCUT2D eigenvalue weighted by Crippen LogP contribution is -2.49. The summed E-state index contributed by atoms with van der Waals surface area (Å²) in [5, 5.41) is 0. The van der Waals surface area contributed by atoms with Crippen LogP contribution >= 0.6 is 0 Å². The third-order valence-electron chi connectivity index (χ3n) is 5.99. The van der Waals surface area contributed by atoms with Gasteiger partial charge in [0, 0.05) is 27.2 Å². The fourth-order valence-corrected chi connectivity index (χ4v) is 5.15. The monoisotopic (exact) mass is 443 g/mol. The zero-order chi connectivity index (χ0) is 22.6. The van der Waals surface area contributed by atoms with E-state index in [-0.39, 0.29) is 12.5 Å². The molecule has 0 atom stereocenters. The van der Waals surface area contributed by atoms with Gasteiger partial charge in [-0.1, -0.05) is 42.5 Å². The lowest BCUT2D eigenvalue weighted by molar-refractivity contribution is -0.130. The van der Waals surface area contributed by atoms with Crippen LogP contribution in [0.5, 0.6) is 0 Å². The third kappa shape index (κ3) is 5.66. The Kier molecular flexibility index (Phi) is 7.38. The van der Waals surface area contributed by atoms with Crippen molar-refractivity contribution in [3.8, 4) is 0 Å². The molecule has 0 radical (unpaired) electrons. The number of benzene rings is 2. The Morgan fingerprint density at radius 3 is 2.29 bits per heavy atom. The SMILES string of the molecule is Cc1ccc(C)c(N(CC(=O)N2CCC(Cc3ccccc3)CC2)S(=O)(=O)N(C)C)c1. The highest BCUT2D eigenvalue weighted by Crippen LogP contribution is 2.26. The van der Waals surface area contributed by atoms with Crippen molar-refractivity contribution in [3.05, 3.63) is 65.2 Å². The van der Waals surface area contributed by atoms with Crippen LogP contribution in [0.4, 0.5) is 5.69 Å². The lowest BCUT2D eigenvalue weighted by atomic mass is 9.90. The van der Waals surface area contributed by atoms with Crippen molar-refractivity contribution in [2.75, 3.05) is 38.0 Å². The van der Waals surface area contributed by atoms with Crippen molar-refractivity contribution >= 4 is 21.8 Å². The topological polar surface area (TPSA) is 60.9 Å². The van der Waals surface area contributed by atoms with Gasteiger partial charge in [0.05, 0.1) is 5.69 Å². The normalized spacial score (nSPS) is 15.3. The van der Waals surface area contributed by atoms with Gasteiger partial charge in [0.25, 0.3) is 0 Å². The van der Waals surface area contributed by atoms with E-state index in [4.69, 9.17) is 0 Å². The summed E-state index contributed by atoms with van der Waals surface area (Å²) in [7, 11) is -0.811. The van der Waals surface area contributed by atoms with Gasteiger partial charge in [0.2, 0.25) is 5.91 Å². The number of nitrogens with zero attached hydrogens (tertiary/aromatic N) is 3. The smallest absolute Gasteiger partial charge is 0.304 e. The predicted molar refractivity (Wildman–Crippen MR) is 125 cm³/mol. The van der Waals surface area contributed by atoms with Crippen molar-refractivity contribution in [2.24, 2.45) is 5.92 Å². The Labute approximate surface area is 186 Å². The van der Waals surface area contributed by atoms with Crippen molar-refractivity contribution < 1.29 is 13.2 Å². The summed E-state index contributed by atoms with van der Waals surface area (Å²) in [5.41, 5.74) is 3.66. The molecule has 2 aromatic carbocycles. The maximum absolute atomic E-state index is 13.1. The average Bonchev–Trinajstić information content (AvgIpc) is 2.75. The quantitative estimate of drug-likeness (QED) is 0.659. The molecule has 0 unspecified atom stereocenters. The van der Waals surface area contributed by atoms with Gasteiger partial charge < -0.3 is 4.90 Å². The van der Waals surface area contributed by atoms with E-state index in [2.05, 4.69) is 24.3 Å². The first-order chi connectivity index (χ1) is 14.7. The van der Waals surface area contributed by atoms with Gasteiger partial charge in [0.15, 0.2) is 0 Å². The maximum Gasteiger partial charge on any atom is 0.304 e. The van der Waals surface area contributed by atoms with Crippen LogP contribution in [0, 0.1) is 19.8 Å². The summed E-state index contributed by atoms with van der Waals surface area (Å²) in [6.45, 7) is 4.93. The molecule has 1 aliphatic rings. The van der Waals surface area contributed by atoms with Crippen LogP contribution in [-0.4, -0.2) is 57.3 Å². The number of aryl methyl sites for hydroxylation is 2. The molecule has 6 nitrogen and oxygen atoms in total. The number of carbonyl (C=O) groups is 1. The zero-order valence-electron chi connectivity index (χ0n) is 18.9. The molecule has 0 aliphatic carbocycles. The van der Waals surface area contributed by atoms with E-state index in [1.54, 1.807) is 0 Å². The summed E-state index contributed by atoms with van der Waals surface area (Å²) in [6, 6.07) is 16.1. The van der Waals surface area contributed by atoms with Gasteiger partial charge in [-0.25, -0.2) is 4.31 Å². The Morgan fingerprint density at radius 2 is 1.68 bits per heavy atom. The molecular formula is C24H33N3O3S. The van der Waals surface area contributed by atoms with Gasteiger partial charge in [-0.15, -0.1) is 0 Å². The molecular weight excluding hydrogens is 410 g/mol. The van der Waals surface area contributed by atoms with Crippen LogP contribution < -0.4 is 4.31 Å². The van der Waals surface area contributed by atoms with Crippen LogP contribution in [0.15, 0.2) is 48.5 Å². The Hall–Kier alpha value is -2.38. The molecule has 0 bridgehead atoms. The van der Waals surface area contributed by atoms with Crippen molar-refractivity contribution in [3.63, 3.8) is 0 Å². The standard InChI is InChI=1S/C24H33N3O3S/c1-19-10-11-20(2)23(16-19)27(31(29,30)25(3)4)18-24(28)26-14-12-22(13-15-26)17-21-8-6-5-7-9-21/h5-11,16,22H,12-15,17-18H2,1-4H3. The van der Waals surface area contributed by atoms with Gasteiger partial charge >= 0.3 is 10.2 Å². The van der Waals surface area contributed by atoms with E-state index in [0.29, 0.717) is 24.7 Å². The molecule has 0 aromatic heterocycles. The van der Waals surface area contributed by atoms with Crippen LogP contribution in [0.3, 0.4) is 0 Å². The number of carbonyl (C=O) groups excluding carboxylic acids is 1. The molecule has 0 saturated carbocycles. The summed E-state index contributed by atoms with van der Waals surface area (Å²) < 4.78 is 28.5. The summed E-state index contributed by atoms with van der Waals surface area (Å²) >= 11 is 0. The molecule has 0 spiro atoms. The molecule has 7 heteroatoms. The minimum atomic E-state index is -3.80. The molecule has 31 heavy (non-hydrogen) atoms. The average molecular weight is 444 g/mol. The minimum Gasteiger partial charge on any atom is -0.341 e. The first-order valence-electron chi connectivity index (χ1n) is 10.8. The van der Waals surface area contributed by atoms with E-state index in [1.165, 1.54) is 24.0 Å². The van der Waals surface area contributed by atoms with Crippen LogP contribution in [-0.2, 0) is 21.4 Å². The number of hydrogen-bond acceptors (Lipinski definition) is 3. The number of anilines is 1. The minimum absolute atomic E-state index is 0.149. The van der Waals surface area contributed by atoms with Gasteiger partial charge in [-0.3, -0.25) is 4.79 Å². The van der Waals surface area contributed by atoms with Crippen LogP contribution in [0.2, 0.25) is 0 Å². The van der Waals surface area contributed by atoms with Gasteiger partial charge in [-0.2, -0.15) is 12.7 Å². The van der Waals surface area contributed by atoms with E-state index < -0.39 is 10.2 Å². The van der Waals surface area contributed by atoms with Crippen LogP contribution in [0.1, 0.15) is 29.5 Å². The Bertz CT molecular complexity index is 998. The first kappa shape index (κ1) is 23.3. The van der Waals surface area contributed by atoms with E-state index in [1.807, 2.05) is 43.0 Å². The second kappa shape index (κ2) is 9.83. The lowest BCUT2D eigenvalue weighted by Gasteiger charge is -2.35. The Balaban J connectivity index is 1.70. The second-order valence-electron chi connectivity index (χ2n) is 8.60. The first-order valence-corrected chi connectivity index (χ1v) is 12.2. The van der Waals surface area contributed by atoms with Gasteiger partial charge in [0.1, 0.15) is 6.54 Å². The highest BCUT2D eigenvalue weighted by Gasteiger charge is 2.31. The molecule has 168 valence electrons. The number of piperidine rings is 1. The number of hydrogen-bond donors (Lipinski definition) is 0. The summed E-state index contributed by atoms with van der Waals surface area (Å²) in [4.78, 5) is 14.9. The van der Waals surface area contributed by atoms with Crippen molar-refractivity contribution in [1.82, 2.24) is 9.21 Å². The molecule has 1 saturated heterocycles. The van der Waals surface area contributed by atoms with Crippen molar-refractivity contribution in [1.29, 1.82) is 0 Å². The zero-order valence-corrected chi connectivity index (χ0v) is 19.7. The summed E-state index contributed by atoms with van der Waals surface area (Å²) in [6.07, 6.45) is 2.89. The Morgan fingerprint density at radius 1 is 1.03 bits per heavy atom. The predicted octanol–water partition coefficient (Wildman–Crippen LogP) is 3.40. The molecule has 3 rings (SSSR count). The molecule has 1 heterocycles. The third-order valence-corrected chi connectivity index (χ3v) is 7.79. The van der Waals surface area contributed by atoms with E-state index >= 15 is 0 Å². The van der Waals surface area contributed by atoms with Crippen LogP contribution in [0.25, 0.3) is 0 Å². The fourth-order valence-electron chi connectivity index (χ4n) is 4.03. The fraction of sp³-hybridized carbons (Fsp3) is 0.458. The number of amides is 1. The molecule has 2 aromatic rings.